The average molecular weight is 230 g/mol. The van der Waals surface area contributed by atoms with Gasteiger partial charge in [0.2, 0.25) is 0 Å². The van der Waals surface area contributed by atoms with Gasteiger partial charge in [-0.2, -0.15) is 0 Å². The maximum Gasteiger partial charge on any atom is 0.109 e. The summed E-state index contributed by atoms with van der Waals surface area (Å²) in [5.74, 6) is 1.14. The largest absolute Gasteiger partial charge is 0.338 e. The highest BCUT2D eigenvalue weighted by Gasteiger charge is 2.04. The minimum atomic E-state index is 0.264. The number of hydrogen-bond acceptors (Lipinski definition) is 2. The molecule has 0 aliphatic carbocycles. The number of aromatic nitrogens is 2. The van der Waals surface area contributed by atoms with E-state index in [1.54, 1.807) is 0 Å². The third-order valence-corrected chi connectivity index (χ3v) is 2.76. The monoisotopic (exact) mass is 229 g/mol. The summed E-state index contributed by atoms with van der Waals surface area (Å²) in [5.41, 5.74) is 0. The molecule has 0 N–H and O–H groups in total. The second-order valence-corrected chi connectivity index (χ2v) is 4.82. The first kappa shape index (κ1) is 12.5. The van der Waals surface area contributed by atoms with Crippen LogP contribution in [-0.2, 0) is 13.5 Å². The highest BCUT2D eigenvalue weighted by Crippen LogP contribution is 2.02. The zero-order valence-electron chi connectivity index (χ0n) is 9.78. The van der Waals surface area contributed by atoms with Gasteiger partial charge in [0.25, 0.3) is 0 Å². The van der Waals surface area contributed by atoms with Crippen molar-refractivity contribution in [2.75, 3.05) is 20.1 Å². The number of rotatable bonds is 6. The summed E-state index contributed by atoms with van der Waals surface area (Å²) in [4.78, 5) is 6.59. The number of halogens is 1. The van der Waals surface area contributed by atoms with E-state index in [0.29, 0.717) is 0 Å². The molecule has 86 valence electrons. The van der Waals surface area contributed by atoms with Crippen LogP contribution in [0.25, 0.3) is 0 Å². The Morgan fingerprint density at radius 1 is 1.53 bits per heavy atom. The summed E-state index contributed by atoms with van der Waals surface area (Å²) >= 11 is 5.90. The molecule has 1 aromatic rings. The van der Waals surface area contributed by atoms with E-state index < -0.39 is 0 Å². The lowest BCUT2D eigenvalue weighted by molar-refractivity contribution is 0.329. The van der Waals surface area contributed by atoms with Gasteiger partial charge in [-0.15, -0.1) is 11.6 Å². The molecule has 0 amide bonds. The maximum absolute atomic E-state index is 5.90. The molecule has 0 aliphatic rings. The number of alkyl halides is 1. The van der Waals surface area contributed by atoms with Crippen molar-refractivity contribution in [1.29, 1.82) is 0 Å². The predicted octanol–water partition coefficient (Wildman–Crippen LogP) is 1.91. The van der Waals surface area contributed by atoms with Crippen LogP contribution in [0, 0.1) is 0 Å². The molecule has 1 atom stereocenters. The molecule has 0 radical (unpaired) electrons. The maximum atomic E-state index is 5.90. The molecule has 0 bridgehead atoms. The predicted molar refractivity (Wildman–Crippen MR) is 64.3 cm³/mol. The second-order valence-electron chi connectivity index (χ2n) is 4.08. The van der Waals surface area contributed by atoms with E-state index in [4.69, 9.17) is 11.6 Å². The van der Waals surface area contributed by atoms with Crippen molar-refractivity contribution in [3.63, 3.8) is 0 Å². The van der Waals surface area contributed by atoms with E-state index in [1.807, 2.05) is 26.4 Å². The lowest BCUT2D eigenvalue weighted by atomic mass is 10.3. The molecule has 0 spiro atoms. The van der Waals surface area contributed by atoms with Crippen LogP contribution in [0.3, 0.4) is 0 Å². The standard InChI is InChI=1S/C11H20ClN3/c1-10(12)4-7-14(2)8-5-11-13-6-9-15(11)3/h6,9-10H,4-5,7-8H2,1-3H3. The molecular formula is C11H20ClN3. The van der Waals surface area contributed by atoms with Gasteiger partial charge in [0.05, 0.1) is 0 Å². The molecule has 1 aromatic heterocycles. The highest BCUT2D eigenvalue weighted by atomic mass is 35.5. The van der Waals surface area contributed by atoms with Gasteiger partial charge in [-0.05, 0) is 26.9 Å². The zero-order chi connectivity index (χ0) is 11.3. The molecule has 15 heavy (non-hydrogen) atoms. The van der Waals surface area contributed by atoms with E-state index in [-0.39, 0.29) is 5.38 Å². The molecular weight excluding hydrogens is 210 g/mol. The first-order valence-electron chi connectivity index (χ1n) is 5.38. The van der Waals surface area contributed by atoms with Gasteiger partial charge in [0.15, 0.2) is 0 Å². The van der Waals surface area contributed by atoms with Gasteiger partial charge in [-0.25, -0.2) is 4.98 Å². The number of likely N-dealkylation sites (N-methyl/N-ethyl adjacent to an activating group) is 1. The van der Waals surface area contributed by atoms with Crippen LogP contribution in [0.4, 0.5) is 0 Å². The summed E-state index contributed by atoms with van der Waals surface area (Å²) in [6, 6.07) is 0. The molecule has 1 heterocycles. The molecule has 0 saturated carbocycles. The summed E-state index contributed by atoms with van der Waals surface area (Å²) in [5, 5.41) is 0.264. The fourth-order valence-electron chi connectivity index (χ4n) is 1.44. The van der Waals surface area contributed by atoms with E-state index in [0.717, 1.165) is 31.8 Å². The lowest BCUT2D eigenvalue weighted by Gasteiger charge is -2.16. The van der Waals surface area contributed by atoms with Crippen molar-refractivity contribution < 1.29 is 0 Å². The lowest BCUT2D eigenvalue weighted by Crippen LogP contribution is -2.24. The van der Waals surface area contributed by atoms with Crippen LogP contribution in [0.2, 0.25) is 0 Å². The summed E-state index contributed by atoms with van der Waals surface area (Å²) in [7, 11) is 4.16. The summed E-state index contributed by atoms with van der Waals surface area (Å²) in [6.45, 7) is 4.12. The molecule has 0 aliphatic heterocycles. The molecule has 0 fully saturated rings. The fourth-order valence-corrected chi connectivity index (χ4v) is 1.54. The van der Waals surface area contributed by atoms with Gasteiger partial charge >= 0.3 is 0 Å². The van der Waals surface area contributed by atoms with Crippen LogP contribution < -0.4 is 0 Å². The quantitative estimate of drug-likeness (QED) is 0.695. The first-order valence-corrected chi connectivity index (χ1v) is 5.82. The molecule has 0 saturated heterocycles. The Hall–Kier alpha value is -0.540. The van der Waals surface area contributed by atoms with E-state index in [9.17, 15) is 0 Å². The Labute approximate surface area is 97.1 Å². The molecule has 4 heteroatoms. The van der Waals surface area contributed by atoms with Gasteiger partial charge < -0.3 is 9.47 Å². The number of nitrogens with zero attached hydrogens (tertiary/aromatic N) is 3. The smallest absolute Gasteiger partial charge is 0.109 e. The van der Waals surface area contributed by atoms with E-state index >= 15 is 0 Å². The van der Waals surface area contributed by atoms with Crippen LogP contribution in [0.15, 0.2) is 12.4 Å². The van der Waals surface area contributed by atoms with Crippen molar-refractivity contribution >= 4 is 11.6 Å². The van der Waals surface area contributed by atoms with Crippen molar-refractivity contribution in [2.45, 2.75) is 25.1 Å². The highest BCUT2D eigenvalue weighted by molar-refractivity contribution is 6.20. The normalized spacial score (nSPS) is 13.4. The minimum absolute atomic E-state index is 0.264. The van der Waals surface area contributed by atoms with Crippen LogP contribution in [0.1, 0.15) is 19.2 Å². The Morgan fingerprint density at radius 3 is 2.80 bits per heavy atom. The Morgan fingerprint density at radius 2 is 2.27 bits per heavy atom. The number of hydrogen-bond donors (Lipinski definition) is 0. The number of imidazole rings is 1. The third-order valence-electron chi connectivity index (χ3n) is 2.55. The Balaban J connectivity index is 2.22. The fraction of sp³-hybridized carbons (Fsp3) is 0.727. The molecule has 1 unspecified atom stereocenters. The topological polar surface area (TPSA) is 21.1 Å². The van der Waals surface area contributed by atoms with Gasteiger partial charge in [0, 0.05) is 37.8 Å². The summed E-state index contributed by atoms with van der Waals surface area (Å²) < 4.78 is 2.07. The summed E-state index contributed by atoms with van der Waals surface area (Å²) in [6.07, 6.45) is 5.86. The average Bonchev–Trinajstić information content (AvgIpc) is 2.58. The third kappa shape index (κ3) is 4.67. The first-order chi connectivity index (χ1) is 7.09. The van der Waals surface area contributed by atoms with Crippen molar-refractivity contribution in [3.05, 3.63) is 18.2 Å². The van der Waals surface area contributed by atoms with E-state index in [2.05, 4.69) is 21.5 Å². The van der Waals surface area contributed by atoms with E-state index in [1.165, 1.54) is 0 Å². The second kappa shape index (κ2) is 6.13. The minimum Gasteiger partial charge on any atom is -0.338 e. The van der Waals surface area contributed by atoms with Crippen LogP contribution >= 0.6 is 11.6 Å². The Kier molecular flexibility index (Phi) is 5.12. The SMILES string of the molecule is CC(Cl)CCN(C)CCc1nccn1C. The number of aryl methyl sites for hydroxylation is 1. The van der Waals surface area contributed by atoms with Crippen molar-refractivity contribution in [3.8, 4) is 0 Å². The molecule has 0 aromatic carbocycles. The van der Waals surface area contributed by atoms with Crippen LogP contribution in [-0.4, -0.2) is 40.0 Å². The van der Waals surface area contributed by atoms with Crippen molar-refractivity contribution in [2.24, 2.45) is 7.05 Å². The van der Waals surface area contributed by atoms with Gasteiger partial charge in [0.1, 0.15) is 5.82 Å². The van der Waals surface area contributed by atoms with Gasteiger partial charge in [-0.1, -0.05) is 0 Å². The molecule has 3 nitrogen and oxygen atoms in total. The zero-order valence-corrected chi connectivity index (χ0v) is 10.5. The van der Waals surface area contributed by atoms with Crippen molar-refractivity contribution in [1.82, 2.24) is 14.5 Å². The van der Waals surface area contributed by atoms with Gasteiger partial charge in [-0.3, -0.25) is 0 Å². The van der Waals surface area contributed by atoms with Crippen LogP contribution in [0.5, 0.6) is 0 Å². The Bertz CT molecular complexity index is 283. The molecule has 1 rings (SSSR count).